The van der Waals surface area contributed by atoms with Crippen molar-refractivity contribution in [2.45, 2.75) is 24.3 Å². The van der Waals surface area contributed by atoms with E-state index in [1.807, 2.05) is 49.4 Å². The third-order valence-corrected chi connectivity index (χ3v) is 6.73. The van der Waals surface area contributed by atoms with Gasteiger partial charge in [0.2, 0.25) is 10.0 Å². The smallest absolute Gasteiger partial charge is 0.243 e. The van der Waals surface area contributed by atoms with Gasteiger partial charge in [-0.3, -0.25) is 4.90 Å². The Kier molecular flexibility index (Phi) is 6.09. The highest BCUT2D eigenvalue weighted by atomic mass is 32.2. The van der Waals surface area contributed by atoms with Crippen LogP contribution in [0, 0.1) is 6.92 Å². The lowest BCUT2D eigenvalue weighted by Gasteiger charge is -2.24. The van der Waals surface area contributed by atoms with Gasteiger partial charge in [0.05, 0.1) is 11.0 Å². The minimum atomic E-state index is -3.46. The maximum absolute atomic E-state index is 12.9. The number of rotatable bonds is 5. The van der Waals surface area contributed by atoms with Gasteiger partial charge in [-0.15, -0.1) is 0 Å². The second-order valence-electron chi connectivity index (χ2n) is 6.80. The van der Waals surface area contributed by atoms with E-state index in [1.165, 1.54) is 0 Å². The zero-order valence-electron chi connectivity index (χ0n) is 15.1. The Balaban J connectivity index is 1.63. The van der Waals surface area contributed by atoms with Gasteiger partial charge in [-0.05, 0) is 37.6 Å². The highest BCUT2D eigenvalue weighted by molar-refractivity contribution is 7.89. The molecule has 3 rings (SSSR count). The number of aliphatic hydroxyl groups excluding tert-OH is 1. The molecule has 1 aliphatic rings. The van der Waals surface area contributed by atoms with Crippen molar-refractivity contribution < 1.29 is 13.5 Å². The topological polar surface area (TPSA) is 60.9 Å². The van der Waals surface area contributed by atoms with Crippen LogP contribution in [0.4, 0.5) is 0 Å². The third-order valence-electron chi connectivity index (χ3n) is 4.82. The van der Waals surface area contributed by atoms with Crippen LogP contribution in [0.2, 0.25) is 0 Å². The van der Waals surface area contributed by atoms with Crippen molar-refractivity contribution in [3.63, 3.8) is 0 Å². The van der Waals surface area contributed by atoms with Crippen LogP contribution < -0.4 is 0 Å². The number of benzene rings is 2. The molecule has 0 aliphatic carbocycles. The van der Waals surface area contributed by atoms with E-state index in [9.17, 15) is 13.5 Å². The van der Waals surface area contributed by atoms with Crippen molar-refractivity contribution in [1.82, 2.24) is 9.21 Å². The first kappa shape index (κ1) is 19.0. The first-order valence-corrected chi connectivity index (χ1v) is 10.4. The summed E-state index contributed by atoms with van der Waals surface area (Å²) >= 11 is 0. The first-order chi connectivity index (χ1) is 12.5. The number of β-amino-alcohol motifs (C(OH)–C–C–N with tert-alkyl or cyclic N) is 1. The molecule has 2 aromatic carbocycles. The predicted octanol–water partition coefficient (Wildman–Crippen LogP) is 2.43. The SMILES string of the molecule is Cc1ccc(S(=O)(=O)N2CCCN(CC(O)c3ccccc3)CC2)cc1. The average molecular weight is 375 g/mol. The molecule has 0 radical (unpaired) electrons. The summed E-state index contributed by atoms with van der Waals surface area (Å²) in [6, 6.07) is 16.6. The minimum Gasteiger partial charge on any atom is -0.387 e. The largest absolute Gasteiger partial charge is 0.387 e. The number of aryl methyl sites for hydroxylation is 1. The number of aliphatic hydroxyl groups is 1. The number of sulfonamides is 1. The van der Waals surface area contributed by atoms with Crippen molar-refractivity contribution >= 4 is 10.0 Å². The van der Waals surface area contributed by atoms with Crippen molar-refractivity contribution in [2.24, 2.45) is 0 Å². The van der Waals surface area contributed by atoms with Crippen LogP contribution in [-0.4, -0.2) is 55.5 Å². The molecule has 0 aromatic heterocycles. The van der Waals surface area contributed by atoms with Crippen molar-refractivity contribution in [2.75, 3.05) is 32.7 Å². The molecular formula is C20H26N2O3S. The summed E-state index contributed by atoms with van der Waals surface area (Å²) in [6.45, 7) is 4.81. The van der Waals surface area contributed by atoms with Gasteiger partial charge in [0.25, 0.3) is 0 Å². The zero-order chi connectivity index (χ0) is 18.6. The summed E-state index contributed by atoms with van der Waals surface area (Å²) in [5.41, 5.74) is 1.93. The summed E-state index contributed by atoms with van der Waals surface area (Å²) in [5.74, 6) is 0. The second-order valence-corrected chi connectivity index (χ2v) is 8.74. The van der Waals surface area contributed by atoms with E-state index in [-0.39, 0.29) is 0 Å². The molecule has 26 heavy (non-hydrogen) atoms. The maximum atomic E-state index is 12.9. The van der Waals surface area contributed by atoms with Crippen molar-refractivity contribution in [3.8, 4) is 0 Å². The minimum absolute atomic E-state index is 0.348. The molecule has 0 amide bonds. The van der Waals surface area contributed by atoms with Crippen LogP contribution >= 0.6 is 0 Å². The fourth-order valence-corrected chi connectivity index (χ4v) is 4.72. The van der Waals surface area contributed by atoms with Gasteiger partial charge in [0, 0.05) is 26.2 Å². The van der Waals surface area contributed by atoms with Gasteiger partial charge in [-0.1, -0.05) is 48.0 Å². The number of nitrogens with zero attached hydrogens (tertiary/aromatic N) is 2. The Morgan fingerprint density at radius 2 is 1.65 bits per heavy atom. The molecular weight excluding hydrogens is 348 g/mol. The fourth-order valence-electron chi connectivity index (χ4n) is 3.25. The third kappa shape index (κ3) is 4.51. The number of hydrogen-bond donors (Lipinski definition) is 1. The van der Waals surface area contributed by atoms with Gasteiger partial charge in [0.15, 0.2) is 0 Å². The molecule has 5 nitrogen and oxygen atoms in total. The van der Waals surface area contributed by atoms with Crippen LogP contribution in [0.25, 0.3) is 0 Å². The Hall–Kier alpha value is -1.73. The van der Waals surface area contributed by atoms with E-state index >= 15 is 0 Å². The molecule has 1 N–H and O–H groups in total. The molecule has 1 saturated heterocycles. The molecule has 0 bridgehead atoms. The van der Waals surface area contributed by atoms with Gasteiger partial charge in [-0.25, -0.2) is 8.42 Å². The van der Waals surface area contributed by atoms with Crippen LogP contribution in [-0.2, 0) is 10.0 Å². The van der Waals surface area contributed by atoms with Gasteiger partial charge >= 0.3 is 0 Å². The fraction of sp³-hybridized carbons (Fsp3) is 0.400. The standard InChI is InChI=1S/C20H26N2O3S/c1-17-8-10-19(11-9-17)26(24,25)22-13-5-12-21(14-15-22)16-20(23)18-6-3-2-4-7-18/h2-4,6-11,20,23H,5,12-16H2,1H3. The normalized spacial score (nSPS) is 18.4. The molecule has 1 aliphatic heterocycles. The van der Waals surface area contributed by atoms with Crippen LogP contribution in [0.3, 0.4) is 0 Å². The molecule has 6 heteroatoms. The predicted molar refractivity (Wildman–Crippen MR) is 102 cm³/mol. The Morgan fingerprint density at radius 1 is 0.962 bits per heavy atom. The lowest BCUT2D eigenvalue weighted by molar-refractivity contribution is 0.116. The van der Waals surface area contributed by atoms with Crippen LogP contribution in [0.1, 0.15) is 23.7 Å². The average Bonchev–Trinajstić information content (AvgIpc) is 2.89. The van der Waals surface area contributed by atoms with Crippen LogP contribution in [0.5, 0.6) is 0 Å². The summed E-state index contributed by atoms with van der Waals surface area (Å²) in [6.07, 6.45) is 0.198. The Morgan fingerprint density at radius 3 is 2.35 bits per heavy atom. The molecule has 1 heterocycles. The number of hydrogen-bond acceptors (Lipinski definition) is 4. The maximum Gasteiger partial charge on any atom is 0.243 e. The zero-order valence-corrected chi connectivity index (χ0v) is 15.9. The molecule has 140 valence electrons. The summed E-state index contributed by atoms with van der Waals surface area (Å²) in [4.78, 5) is 2.49. The highest BCUT2D eigenvalue weighted by Crippen LogP contribution is 2.20. The molecule has 2 aromatic rings. The Labute approximate surface area is 155 Å². The van der Waals surface area contributed by atoms with E-state index in [4.69, 9.17) is 0 Å². The van der Waals surface area contributed by atoms with E-state index in [0.29, 0.717) is 31.1 Å². The Bertz CT molecular complexity index is 807. The lowest BCUT2D eigenvalue weighted by Crippen LogP contribution is -2.36. The first-order valence-electron chi connectivity index (χ1n) is 8.99. The lowest BCUT2D eigenvalue weighted by atomic mass is 10.1. The summed E-state index contributed by atoms with van der Waals surface area (Å²) < 4.78 is 27.3. The van der Waals surface area contributed by atoms with Gasteiger partial charge < -0.3 is 5.11 Å². The second kappa shape index (κ2) is 8.31. The molecule has 1 fully saturated rings. The molecule has 1 unspecified atom stereocenters. The van der Waals surface area contributed by atoms with E-state index in [1.54, 1.807) is 16.4 Å². The summed E-state index contributed by atoms with van der Waals surface area (Å²) in [5, 5.41) is 10.4. The highest BCUT2D eigenvalue weighted by Gasteiger charge is 2.27. The van der Waals surface area contributed by atoms with Gasteiger partial charge in [-0.2, -0.15) is 4.31 Å². The van der Waals surface area contributed by atoms with Crippen molar-refractivity contribution in [3.05, 3.63) is 65.7 Å². The van der Waals surface area contributed by atoms with Crippen molar-refractivity contribution in [1.29, 1.82) is 0 Å². The van der Waals surface area contributed by atoms with Gasteiger partial charge in [0.1, 0.15) is 0 Å². The van der Waals surface area contributed by atoms with E-state index in [2.05, 4.69) is 4.90 Å². The van der Waals surface area contributed by atoms with Crippen LogP contribution in [0.15, 0.2) is 59.5 Å². The molecule has 0 spiro atoms. The monoisotopic (exact) mass is 374 g/mol. The quantitative estimate of drug-likeness (QED) is 0.873. The molecule has 0 saturated carbocycles. The van der Waals surface area contributed by atoms with E-state index in [0.717, 1.165) is 24.1 Å². The van der Waals surface area contributed by atoms with E-state index < -0.39 is 16.1 Å². The summed E-state index contributed by atoms with van der Waals surface area (Å²) in [7, 11) is -3.46. The molecule has 1 atom stereocenters.